The number of likely N-dealkylation sites (tertiary alicyclic amines) is 1. The van der Waals surface area contributed by atoms with Crippen molar-refractivity contribution in [2.75, 3.05) is 32.7 Å². The second kappa shape index (κ2) is 52.7. The molecule has 0 bridgehead atoms. The van der Waals surface area contributed by atoms with Crippen molar-refractivity contribution in [1.82, 2.24) is 63.4 Å². The highest BCUT2D eigenvalue weighted by molar-refractivity contribution is 6.00. The summed E-state index contributed by atoms with van der Waals surface area (Å²) in [5.41, 5.74) is 30.7. The molecule has 1 fully saturated rings. The molecule has 0 aliphatic carbocycles. The molecule has 0 saturated carbocycles. The molecule has 0 spiro atoms. The maximum atomic E-state index is 15.1. The number of carboxylic acid groups (broad SMARTS) is 1. The van der Waals surface area contributed by atoms with Gasteiger partial charge >= 0.3 is 5.97 Å². The van der Waals surface area contributed by atoms with E-state index >= 15 is 4.79 Å². The molecule has 1 aliphatic heterocycles. The van der Waals surface area contributed by atoms with Gasteiger partial charge in [0.05, 0.1) is 6.04 Å². The number of hydrogen-bond acceptors (Lipinski definition) is 18. The maximum absolute atomic E-state index is 15.1. The minimum atomic E-state index is -1.33. The van der Waals surface area contributed by atoms with Gasteiger partial charge in [-0.2, -0.15) is 0 Å². The second-order valence-electron chi connectivity index (χ2n) is 32.6. The highest BCUT2D eigenvalue weighted by Crippen LogP contribution is 2.23. The van der Waals surface area contributed by atoms with E-state index in [9.17, 15) is 62.6 Å². The van der Waals surface area contributed by atoms with Crippen LogP contribution in [0.15, 0.2) is 60.7 Å². The van der Waals surface area contributed by atoms with Crippen molar-refractivity contribution in [2.24, 2.45) is 64.2 Å². The van der Waals surface area contributed by atoms with E-state index in [0.29, 0.717) is 95.0 Å². The molecule has 2 aromatic carbocycles. The smallest absolute Gasteiger partial charge is 0.326 e. The van der Waals surface area contributed by atoms with E-state index in [1.54, 1.807) is 74.5 Å². The van der Waals surface area contributed by atoms with E-state index in [-0.39, 0.29) is 113 Å². The van der Waals surface area contributed by atoms with E-state index < -0.39 is 161 Å². The first-order valence-corrected chi connectivity index (χ1v) is 41.1. The zero-order valence-corrected chi connectivity index (χ0v) is 69.2. The van der Waals surface area contributed by atoms with Gasteiger partial charge in [-0.05, 0) is 188 Å². The van der Waals surface area contributed by atoms with Crippen molar-refractivity contribution in [1.29, 1.82) is 0 Å². The van der Waals surface area contributed by atoms with Gasteiger partial charge in [0.25, 0.3) is 0 Å². The molecule has 0 aromatic heterocycles. The van der Waals surface area contributed by atoms with Crippen molar-refractivity contribution in [3.63, 3.8) is 0 Å². The summed E-state index contributed by atoms with van der Waals surface area (Å²) in [6.07, 6.45) is 5.85. The Bertz CT molecular complexity index is 3290. The van der Waals surface area contributed by atoms with Crippen LogP contribution in [-0.4, -0.2) is 198 Å². The molecule has 0 unspecified atom stereocenters. The topological polar surface area (TPSA) is 508 Å². The molecule has 3 rings (SSSR count). The normalized spacial score (nSPS) is 16.1. The Balaban J connectivity index is 1.97. The Morgan fingerprint density at radius 3 is 0.982 bits per heavy atom. The number of hydrogen-bond donors (Lipinski definition) is 17. The number of carboxylic acids is 1. The molecule has 22 N–H and O–H groups in total. The molecule has 13 atom stereocenters. The van der Waals surface area contributed by atoms with Crippen LogP contribution in [0.25, 0.3) is 0 Å². The van der Waals surface area contributed by atoms with Gasteiger partial charge < -0.3 is 97.2 Å². The fraction of sp³-hybridized carbons (Fsp3) is 0.695. The maximum Gasteiger partial charge on any atom is 0.326 e. The van der Waals surface area contributed by atoms with Gasteiger partial charge in [-0.15, -0.1) is 0 Å². The lowest BCUT2D eigenvalue weighted by atomic mass is 9.98. The van der Waals surface area contributed by atoms with Crippen LogP contribution in [0, 0.1) is 35.5 Å². The van der Waals surface area contributed by atoms with Gasteiger partial charge in [-0.3, -0.25) is 57.5 Å². The number of unbranched alkanes of at least 4 members (excludes halogenated alkanes) is 4. The summed E-state index contributed by atoms with van der Waals surface area (Å²) in [6, 6.07) is 2.12. The Labute approximate surface area is 669 Å². The van der Waals surface area contributed by atoms with Crippen molar-refractivity contribution in [3.05, 3.63) is 71.8 Å². The van der Waals surface area contributed by atoms with Crippen LogP contribution in [0.2, 0.25) is 0 Å². The molecule has 1 saturated heterocycles. The zero-order chi connectivity index (χ0) is 84.4. The average Bonchev–Trinajstić information content (AvgIpc) is 1.80. The Morgan fingerprint density at radius 2 is 0.646 bits per heavy atom. The van der Waals surface area contributed by atoms with Crippen LogP contribution in [0.1, 0.15) is 216 Å². The first-order chi connectivity index (χ1) is 53.5. The van der Waals surface area contributed by atoms with Crippen LogP contribution >= 0.6 is 0 Å². The number of carbonyl (C=O) groups is 13. The lowest BCUT2D eigenvalue weighted by Gasteiger charge is -2.32. The third-order valence-electron chi connectivity index (χ3n) is 19.6. The summed E-state index contributed by atoms with van der Waals surface area (Å²) in [5.74, 6) is -10.8. The van der Waals surface area contributed by atoms with Crippen molar-refractivity contribution in [3.8, 4) is 0 Å². The summed E-state index contributed by atoms with van der Waals surface area (Å²) < 4.78 is 0. The van der Waals surface area contributed by atoms with E-state index in [1.165, 1.54) is 4.90 Å². The van der Waals surface area contributed by atoms with Crippen molar-refractivity contribution in [2.45, 2.75) is 296 Å². The molecule has 113 heavy (non-hydrogen) atoms. The van der Waals surface area contributed by atoms with E-state index in [2.05, 4.69) is 58.5 Å². The molecule has 1 aliphatic rings. The van der Waals surface area contributed by atoms with Gasteiger partial charge in [0.2, 0.25) is 70.9 Å². The second-order valence-corrected chi connectivity index (χ2v) is 32.6. The molecular formula is C82H139N17O14. The van der Waals surface area contributed by atoms with E-state index in [1.807, 2.05) is 69.2 Å². The first kappa shape index (κ1) is 98.5. The van der Waals surface area contributed by atoms with Crippen molar-refractivity contribution >= 4 is 76.9 Å². The number of aliphatic carboxylic acids is 1. The molecular weight excluding hydrogens is 1450 g/mol. The average molecular weight is 1590 g/mol. The van der Waals surface area contributed by atoms with Crippen LogP contribution in [0.3, 0.4) is 0 Å². The predicted octanol–water partition coefficient (Wildman–Crippen LogP) is 2.61. The molecule has 636 valence electrons. The molecule has 1 heterocycles. The first-order valence-electron chi connectivity index (χ1n) is 41.1. The summed E-state index contributed by atoms with van der Waals surface area (Å²) in [5, 5.41) is 40.9. The van der Waals surface area contributed by atoms with Crippen LogP contribution in [0.5, 0.6) is 0 Å². The number of benzene rings is 2. The van der Waals surface area contributed by atoms with Crippen molar-refractivity contribution < 1.29 is 67.4 Å². The molecule has 31 nitrogen and oxygen atoms in total. The Hall–Kier alpha value is -8.65. The lowest BCUT2D eigenvalue weighted by molar-refractivity contribution is -0.143. The zero-order valence-electron chi connectivity index (χ0n) is 69.2. The third kappa shape index (κ3) is 37.0. The van der Waals surface area contributed by atoms with E-state index in [0.717, 1.165) is 0 Å². The minimum Gasteiger partial charge on any atom is -0.480 e. The SMILES string of the molecule is CC(C)C[C@H](NC(=O)[C@H](CCCCN)NC(=O)[C@H](CCCCN)NC(=O)[C@H](CCCCN)NC(=O)[C@@H](N)CCCCN)C(=O)N[C@@H](CC(C)C)C(=O)N[C@@H](CC(C)C)C(=O)N1CCC[C@H]1C(=O)N[C@@H](Cc1ccccc1)C(=O)N[C@@H](CC(C)C)C(=O)N[C@@H](Cc1ccccc1)C(=O)N[C@@H](CC(C)C)C(=O)N[C@H](C(=O)O)C(C)C. The number of amides is 12. The fourth-order valence-corrected chi connectivity index (χ4v) is 13.5. The van der Waals surface area contributed by atoms with E-state index in [4.69, 9.17) is 28.7 Å². The summed E-state index contributed by atoms with van der Waals surface area (Å²) >= 11 is 0. The summed E-state index contributed by atoms with van der Waals surface area (Å²) in [7, 11) is 0. The predicted molar refractivity (Wildman–Crippen MR) is 436 cm³/mol. The Morgan fingerprint density at radius 1 is 0.363 bits per heavy atom. The molecule has 0 radical (unpaired) electrons. The van der Waals surface area contributed by atoms with Gasteiger partial charge in [0.1, 0.15) is 72.5 Å². The standard InChI is InChI=1S/C82H139N17O14/c1-49(2)42-61(91-73(103)60(35-22-26-40-86)90-72(102)59(34-21-25-39-85)89-71(101)58(33-20-24-38-84)88-70(100)57(87)32-19-23-37-83)74(104)92-63(44-51(5)6)76(106)97-67(46-53(9)10)81(111)99-41-27-36-68(99)80(110)96-66(48-56-30-17-14-18-31-56)78(108)93-62(43-50(3)4)75(105)95-65(47-55-28-15-13-16-29-55)77(107)94-64(45-52(7)8)79(109)98-69(54(11)12)82(112)113/h13-18,28-31,49-54,57-69H,19-27,32-48,83-87H2,1-12H3,(H,88,100)(H,89,101)(H,90,102)(H,91,103)(H,92,104)(H,93,108)(H,94,107)(H,95,105)(H,96,110)(H,97,106)(H,98,109)(H,112,113)/t57-,58-,59-,60-,61-,62-,63-,64-,65-,66-,67-,68-,69-/m0/s1. The van der Waals surface area contributed by atoms with Crippen LogP contribution in [0.4, 0.5) is 0 Å². The van der Waals surface area contributed by atoms with Crippen LogP contribution in [-0.2, 0) is 75.2 Å². The minimum absolute atomic E-state index is 0.0357. The van der Waals surface area contributed by atoms with Crippen LogP contribution < -0.4 is 87.2 Å². The summed E-state index contributed by atoms with van der Waals surface area (Å²) in [4.78, 5) is 188. The van der Waals surface area contributed by atoms with Gasteiger partial charge in [-0.1, -0.05) is 150 Å². The number of nitrogens with two attached hydrogens (primary N) is 5. The fourth-order valence-electron chi connectivity index (χ4n) is 13.5. The molecule has 2 aromatic rings. The molecule has 12 amide bonds. The highest BCUT2D eigenvalue weighted by atomic mass is 16.4. The summed E-state index contributed by atoms with van der Waals surface area (Å²) in [6.45, 7) is 23.2. The highest BCUT2D eigenvalue weighted by Gasteiger charge is 2.42. The number of carbonyl (C=O) groups excluding carboxylic acids is 12. The van der Waals surface area contributed by atoms with Gasteiger partial charge in [0.15, 0.2) is 0 Å². The monoisotopic (exact) mass is 1590 g/mol. The number of rotatable bonds is 55. The number of nitrogens with zero attached hydrogens (tertiary/aromatic N) is 1. The van der Waals surface area contributed by atoms with Gasteiger partial charge in [-0.25, -0.2) is 4.79 Å². The quantitative estimate of drug-likeness (QED) is 0.0423. The lowest BCUT2D eigenvalue weighted by Crippen LogP contribution is -2.61. The largest absolute Gasteiger partial charge is 0.480 e. The third-order valence-corrected chi connectivity index (χ3v) is 19.6. The Kier molecular flexibility index (Phi) is 45.9. The van der Waals surface area contributed by atoms with Gasteiger partial charge in [0, 0.05) is 19.4 Å². The number of nitrogens with one attached hydrogen (secondary N) is 11. The molecule has 31 heteroatoms.